The molecule has 0 spiro atoms. The molecule has 3 heteroatoms. The van der Waals surface area contributed by atoms with Crippen molar-refractivity contribution in [3.05, 3.63) is 48.0 Å². The van der Waals surface area contributed by atoms with Gasteiger partial charge in [-0.25, -0.2) is 4.79 Å². The molecule has 0 aromatic heterocycles. The van der Waals surface area contributed by atoms with Gasteiger partial charge < -0.3 is 9.64 Å². The van der Waals surface area contributed by atoms with Gasteiger partial charge in [0, 0.05) is 19.0 Å². The van der Waals surface area contributed by atoms with E-state index in [1.165, 1.54) is 16.3 Å². The molecular formula is C18H21NO2. The highest BCUT2D eigenvalue weighted by atomic mass is 16.6. The van der Waals surface area contributed by atoms with E-state index in [9.17, 15) is 4.79 Å². The first-order valence-corrected chi connectivity index (χ1v) is 7.39. The molecule has 1 heterocycles. The Morgan fingerprint density at radius 2 is 1.76 bits per heavy atom. The van der Waals surface area contributed by atoms with Crippen LogP contribution < -0.4 is 0 Å². The van der Waals surface area contributed by atoms with Crippen LogP contribution in [-0.4, -0.2) is 29.7 Å². The molecule has 0 bridgehead atoms. The van der Waals surface area contributed by atoms with Crippen molar-refractivity contribution in [1.82, 2.24) is 4.90 Å². The average Bonchev–Trinajstić information content (AvgIpc) is 2.34. The zero-order chi connectivity index (χ0) is 15.0. The highest BCUT2D eigenvalue weighted by Gasteiger charge is 2.34. The van der Waals surface area contributed by atoms with Gasteiger partial charge in [0.1, 0.15) is 5.60 Å². The van der Waals surface area contributed by atoms with Crippen molar-refractivity contribution in [2.24, 2.45) is 0 Å². The summed E-state index contributed by atoms with van der Waals surface area (Å²) in [6.45, 7) is 7.17. The van der Waals surface area contributed by atoms with Gasteiger partial charge in [0.15, 0.2) is 0 Å². The van der Waals surface area contributed by atoms with Crippen molar-refractivity contribution in [1.29, 1.82) is 0 Å². The second-order valence-electron chi connectivity index (χ2n) is 6.69. The molecule has 3 rings (SSSR count). The van der Waals surface area contributed by atoms with E-state index in [2.05, 4.69) is 42.5 Å². The third kappa shape index (κ3) is 3.02. The molecular weight excluding hydrogens is 262 g/mol. The molecule has 1 aliphatic rings. The van der Waals surface area contributed by atoms with E-state index in [0.29, 0.717) is 5.92 Å². The number of hydrogen-bond acceptors (Lipinski definition) is 2. The Balaban J connectivity index is 1.66. The number of ether oxygens (including phenoxy) is 1. The SMILES string of the molecule is CC(C)(C)OC(=O)N1CC(c2ccc3ccccc3c2)C1. The maximum Gasteiger partial charge on any atom is 0.410 e. The molecule has 0 N–H and O–H groups in total. The summed E-state index contributed by atoms with van der Waals surface area (Å²) < 4.78 is 5.38. The van der Waals surface area contributed by atoms with Gasteiger partial charge in [-0.05, 0) is 37.1 Å². The van der Waals surface area contributed by atoms with Gasteiger partial charge in [-0.1, -0.05) is 42.5 Å². The number of carbonyl (C=O) groups is 1. The minimum Gasteiger partial charge on any atom is -0.444 e. The molecule has 0 atom stereocenters. The van der Waals surface area contributed by atoms with E-state index >= 15 is 0 Å². The van der Waals surface area contributed by atoms with Gasteiger partial charge in [-0.3, -0.25) is 0 Å². The van der Waals surface area contributed by atoms with Crippen LogP contribution in [0.4, 0.5) is 4.79 Å². The Morgan fingerprint density at radius 1 is 1.10 bits per heavy atom. The highest BCUT2D eigenvalue weighted by Crippen LogP contribution is 2.30. The lowest BCUT2D eigenvalue weighted by Gasteiger charge is -2.40. The zero-order valence-corrected chi connectivity index (χ0v) is 12.8. The molecule has 0 saturated carbocycles. The fourth-order valence-electron chi connectivity index (χ4n) is 2.63. The Morgan fingerprint density at radius 3 is 2.43 bits per heavy atom. The molecule has 1 amide bonds. The summed E-state index contributed by atoms with van der Waals surface area (Å²) in [6, 6.07) is 14.9. The van der Waals surface area contributed by atoms with Gasteiger partial charge in [-0.2, -0.15) is 0 Å². The molecule has 2 aromatic carbocycles. The van der Waals surface area contributed by atoms with Crippen LogP contribution in [0.3, 0.4) is 0 Å². The fraction of sp³-hybridized carbons (Fsp3) is 0.389. The van der Waals surface area contributed by atoms with E-state index in [0.717, 1.165) is 13.1 Å². The van der Waals surface area contributed by atoms with E-state index in [1.54, 1.807) is 4.90 Å². The Bertz CT molecular complexity index is 666. The van der Waals surface area contributed by atoms with Crippen molar-refractivity contribution in [3.63, 3.8) is 0 Å². The molecule has 21 heavy (non-hydrogen) atoms. The summed E-state index contributed by atoms with van der Waals surface area (Å²) in [5.74, 6) is 0.419. The first-order valence-electron chi connectivity index (χ1n) is 7.39. The maximum absolute atomic E-state index is 11.9. The average molecular weight is 283 g/mol. The minimum absolute atomic E-state index is 0.209. The molecule has 1 fully saturated rings. The van der Waals surface area contributed by atoms with E-state index < -0.39 is 5.60 Å². The van der Waals surface area contributed by atoms with Crippen LogP contribution in [0.5, 0.6) is 0 Å². The second kappa shape index (κ2) is 5.06. The van der Waals surface area contributed by atoms with Crippen LogP contribution in [-0.2, 0) is 4.74 Å². The number of hydrogen-bond donors (Lipinski definition) is 0. The smallest absolute Gasteiger partial charge is 0.410 e. The van der Waals surface area contributed by atoms with Gasteiger partial charge in [0.05, 0.1) is 0 Å². The van der Waals surface area contributed by atoms with Crippen LogP contribution >= 0.6 is 0 Å². The Hall–Kier alpha value is -2.03. The topological polar surface area (TPSA) is 29.5 Å². The lowest BCUT2D eigenvalue weighted by molar-refractivity contribution is 0.00821. The summed E-state index contributed by atoms with van der Waals surface area (Å²) >= 11 is 0. The van der Waals surface area contributed by atoms with Gasteiger partial charge >= 0.3 is 6.09 Å². The van der Waals surface area contributed by atoms with Crippen LogP contribution in [0.2, 0.25) is 0 Å². The first-order chi connectivity index (χ1) is 9.92. The molecule has 0 radical (unpaired) electrons. The highest BCUT2D eigenvalue weighted by molar-refractivity contribution is 5.83. The van der Waals surface area contributed by atoms with Crippen molar-refractivity contribution >= 4 is 16.9 Å². The molecule has 1 saturated heterocycles. The van der Waals surface area contributed by atoms with Crippen molar-refractivity contribution in [2.45, 2.75) is 32.3 Å². The van der Waals surface area contributed by atoms with Crippen molar-refractivity contribution in [2.75, 3.05) is 13.1 Å². The predicted molar refractivity (Wildman–Crippen MR) is 84.5 cm³/mol. The standard InChI is InChI=1S/C18H21NO2/c1-18(2,3)21-17(20)19-11-16(12-19)15-9-8-13-6-4-5-7-14(13)10-15/h4-10,16H,11-12H2,1-3H3. The molecule has 0 unspecified atom stereocenters. The van der Waals surface area contributed by atoms with Crippen LogP contribution in [0.25, 0.3) is 10.8 Å². The lowest BCUT2D eigenvalue weighted by atomic mass is 9.90. The fourth-order valence-corrected chi connectivity index (χ4v) is 2.63. The number of rotatable bonds is 1. The summed E-state index contributed by atoms with van der Waals surface area (Å²) in [7, 11) is 0. The van der Waals surface area contributed by atoms with E-state index in [4.69, 9.17) is 4.74 Å². The number of amides is 1. The van der Waals surface area contributed by atoms with Gasteiger partial charge in [0.25, 0.3) is 0 Å². The van der Waals surface area contributed by atoms with Crippen molar-refractivity contribution in [3.8, 4) is 0 Å². The number of likely N-dealkylation sites (tertiary alicyclic amines) is 1. The molecule has 2 aromatic rings. The summed E-state index contributed by atoms with van der Waals surface area (Å²) in [5, 5.41) is 2.51. The molecule has 1 aliphatic heterocycles. The molecule has 3 nitrogen and oxygen atoms in total. The third-order valence-corrected chi connectivity index (χ3v) is 3.78. The number of nitrogens with zero attached hydrogens (tertiary/aromatic N) is 1. The predicted octanol–water partition coefficient (Wildman–Crippen LogP) is 4.17. The number of benzene rings is 2. The Labute approximate surface area is 125 Å². The summed E-state index contributed by atoms with van der Waals surface area (Å²) in [6.07, 6.45) is -0.209. The van der Waals surface area contributed by atoms with Crippen LogP contribution in [0.1, 0.15) is 32.3 Å². The zero-order valence-electron chi connectivity index (χ0n) is 12.8. The van der Waals surface area contributed by atoms with Crippen LogP contribution in [0, 0.1) is 0 Å². The van der Waals surface area contributed by atoms with E-state index in [1.807, 2.05) is 20.8 Å². The van der Waals surface area contributed by atoms with Gasteiger partial charge in [0.2, 0.25) is 0 Å². The van der Waals surface area contributed by atoms with Crippen molar-refractivity contribution < 1.29 is 9.53 Å². The first kappa shape index (κ1) is 13.9. The second-order valence-corrected chi connectivity index (χ2v) is 6.69. The Kier molecular flexibility index (Phi) is 3.36. The maximum atomic E-state index is 11.9. The lowest BCUT2D eigenvalue weighted by Crippen LogP contribution is -2.50. The number of fused-ring (bicyclic) bond motifs is 1. The molecule has 0 aliphatic carbocycles. The minimum atomic E-state index is -0.425. The largest absolute Gasteiger partial charge is 0.444 e. The summed E-state index contributed by atoms with van der Waals surface area (Å²) in [4.78, 5) is 13.7. The van der Waals surface area contributed by atoms with Crippen LogP contribution in [0.15, 0.2) is 42.5 Å². The normalized spacial score (nSPS) is 15.9. The monoisotopic (exact) mass is 283 g/mol. The van der Waals surface area contributed by atoms with Gasteiger partial charge in [-0.15, -0.1) is 0 Å². The molecule has 110 valence electrons. The quantitative estimate of drug-likeness (QED) is 0.786. The third-order valence-electron chi connectivity index (χ3n) is 3.78. The summed E-state index contributed by atoms with van der Waals surface area (Å²) in [5.41, 5.74) is 0.874. The van der Waals surface area contributed by atoms with E-state index in [-0.39, 0.29) is 6.09 Å². The number of carbonyl (C=O) groups excluding carboxylic acids is 1.